The predicted molar refractivity (Wildman–Crippen MR) is 215 cm³/mol. The fraction of sp³-hybridized carbons (Fsp3) is 0.196. The van der Waals surface area contributed by atoms with Crippen LogP contribution in [0.1, 0.15) is 63.5 Å². The second kappa shape index (κ2) is 11.6. The second-order valence-corrected chi connectivity index (χ2v) is 19.9. The molecule has 2 aromatic heterocycles. The molecule has 1 aliphatic carbocycles. The first-order valence-electron chi connectivity index (χ1n) is 18.7. The molecule has 1 fully saturated rings. The zero-order chi connectivity index (χ0) is 35.2. The van der Waals surface area contributed by atoms with Crippen LogP contribution in [0.15, 0.2) is 148 Å². The first-order valence-corrected chi connectivity index (χ1v) is 21.5. The van der Waals surface area contributed by atoms with Crippen molar-refractivity contribution in [3.05, 3.63) is 150 Å². The van der Waals surface area contributed by atoms with Gasteiger partial charge in [0.15, 0.2) is 5.58 Å². The number of nitrogens with zero attached hydrogens (tertiary/aromatic N) is 2. The molecule has 1 aliphatic heterocycles. The number of benzene rings is 6. The maximum Gasteiger partial charge on any atom is 0.307 e. The fourth-order valence-electron chi connectivity index (χ4n) is 8.98. The van der Waals surface area contributed by atoms with Crippen molar-refractivity contribution in [1.29, 1.82) is 0 Å². The topological polar surface area (TPSA) is 30.4 Å². The Balaban J connectivity index is 1.25. The number of oxazole rings is 1. The molecule has 0 amide bonds. The molecule has 2 aliphatic rings. The van der Waals surface area contributed by atoms with Gasteiger partial charge in [0.25, 0.3) is 0 Å². The van der Waals surface area contributed by atoms with Gasteiger partial charge in [-0.3, -0.25) is 4.40 Å². The third-order valence-corrected chi connectivity index (χ3v) is 17.6. The van der Waals surface area contributed by atoms with Gasteiger partial charge in [-0.05, 0) is 80.8 Å². The molecule has 1 saturated carbocycles. The average molecular weight is 698 g/mol. The second-order valence-electron chi connectivity index (χ2n) is 14.9. The molecule has 8 aromatic rings. The number of aromatic nitrogens is 2. The summed E-state index contributed by atoms with van der Waals surface area (Å²) in [7, 11) is -2.64. The molecule has 0 radical (unpaired) electrons. The van der Waals surface area contributed by atoms with Crippen molar-refractivity contribution in [2.75, 3.05) is 0 Å². The number of fused-ring (bicyclic) bond motifs is 7. The maximum absolute atomic E-state index is 9.86. The largest absolute Gasteiger partial charge is 0.422 e. The quantitative estimate of drug-likeness (QED) is 0.132. The van der Waals surface area contributed by atoms with Gasteiger partial charge in [-0.2, -0.15) is 4.98 Å². The molecule has 0 spiro atoms. The van der Waals surface area contributed by atoms with Crippen molar-refractivity contribution in [2.45, 2.75) is 67.2 Å². The van der Waals surface area contributed by atoms with Crippen molar-refractivity contribution in [1.82, 2.24) is 9.38 Å². The molecule has 0 saturated heterocycles. The highest BCUT2D eigenvalue weighted by Gasteiger charge is 2.42. The Morgan fingerprint density at radius 2 is 1.47 bits per heavy atom. The molecular weight excluding hydrogens is 657 g/mol. The molecule has 51 heavy (non-hydrogen) atoms. The van der Waals surface area contributed by atoms with E-state index in [9.17, 15) is 1.37 Å². The van der Waals surface area contributed by atoms with E-state index in [1.807, 2.05) is 23.9 Å². The molecule has 250 valence electrons. The minimum Gasteiger partial charge on any atom is -0.422 e. The number of rotatable bonds is 5. The van der Waals surface area contributed by atoms with Gasteiger partial charge in [0.05, 0.1) is 16.6 Å². The van der Waals surface area contributed by atoms with Crippen LogP contribution in [0.3, 0.4) is 0 Å². The van der Waals surface area contributed by atoms with Crippen molar-refractivity contribution in [2.24, 2.45) is 0 Å². The van der Waals surface area contributed by atoms with Gasteiger partial charge in [0.2, 0.25) is 0 Å². The summed E-state index contributed by atoms with van der Waals surface area (Å²) < 4.78 is 18.7. The SMILES string of the molecule is [2H]C1(c2ccc([Si](C)(c3ccccc3)c3cccc4c3Sc3ccccc3C4(C)C)cc2-c2cccc3c2oc2nc4ccccc4n23)CCCC1. The van der Waals surface area contributed by atoms with Crippen molar-refractivity contribution in [3.8, 4) is 11.1 Å². The van der Waals surface area contributed by atoms with Gasteiger partial charge in [-0.25, -0.2) is 0 Å². The first kappa shape index (κ1) is 29.8. The average Bonchev–Trinajstić information content (AvgIpc) is 3.88. The van der Waals surface area contributed by atoms with E-state index in [1.54, 1.807) is 0 Å². The van der Waals surface area contributed by atoms with Gasteiger partial charge < -0.3 is 4.42 Å². The van der Waals surface area contributed by atoms with Gasteiger partial charge in [0.1, 0.15) is 8.07 Å². The third-order valence-electron chi connectivity index (χ3n) is 11.8. The van der Waals surface area contributed by atoms with E-state index in [1.165, 1.54) is 36.5 Å². The molecule has 1 atom stereocenters. The Bertz CT molecular complexity index is 2690. The van der Waals surface area contributed by atoms with Crippen molar-refractivity contribution >= 4 is 63.4 Å². The Hall–Kier alpha value is -4.84. The Morgan fingerprint density at radius 3 is 2.33 bits per heavy atom. The molecule has 0 N–H and O–H groups in total. The standard InChI is InChI=1S/C46H40N2OSSi/c1-46(2)36-20-9-12-25-41(36)50-44-37(46)21-14-26-42(44)51(3,31-17-5-4-6-18-31)32-27-28-33(30-15-7-8-16-30)35(29-32)34-19-13-24-40-43(34)49-45-47-38-22-10-11-23-39(38)48(40)45/h4-6,9-14,17-30H,7-8,15-16H2,1-3H3/i30D. The maximum atomic E-state index is 9.86. The normalized spacial score (nSPS) is 17.7. The summed E-state index contributed by atoms with van der Waals surface area (Å²) >= 11 is 1.94. The first-order chi connectivity index (χ1) is 25.3. The summed E-state index contributed by atoms with van der Waals surface area (Å²) in [6, 6.07) is 49.0. The van der Waals surface area contributed by atoms with Crippen molar-refractivity contribution < 1.29 is 5.79 Å². The zero-order valence-corrected chi connectivity index (χ0v) is 31.1. The lowest BCUT2D eigenvalue weighted by molar-refractivity contribution is 0.608. The molecule has 5 heteroatoms. The van der Waals surface area contributed by atoms with Gasteiger partial charge in [-0.15, -0.1) is 0 Å². The minimum atomic E-state index is -2.64. The predicted octanol–water partition coefficient (Wildman–Crippen LogP) is 10.4. The van der Waals surface area contributed by atoms with Crippen LogP contribution >= 0.6 is 11.8 Å². The molecule has 1 unspecified atom stereocenters. The van der Waals surface area contributed by atoms with Crippen LogP contribution in [0.2, 0.25) is 6.55 Å². The lowest BCUT2D eigenvalue weighted by Crippen LogP contribution is -2.65. The van der Waals surface area contributed by atoms with Crippen LogP contribution in [0.25, 0.3) is 39.1 Å². The molecule has 6 aromatic carbocycles. The number of imidazole rings is 1. The number of para-hydroxylation sites is 3. The number of hydrogen-bond donors (Lipinski definition) is 0. The van der Waals surface area contributed by atoms with Gasteiger partial charge in [0, 0.05) is 22.1 Å². The molecule has 0 bridgehead atoms. The highest BCUT2D eigenvalue weighted by atomic mass is 32.2. The Kier molecular flexibility index (Phi) is 6.78. The minimum absolute atomic E-state index is 0.120. The summed E-state index contributed by atoms with van der Waals surface area (Å²) in [6.45, 7) is 7.29. The summed E-state index contributed by atoms with van der Waals surface area (Å²) in [5.74, 6) is -0.0440. The lowest BCUT2D eigenvalue weighted by Gasteiger charge is -2.39. The Morgan fingerprint density at radius 1 is 0.745 bits per heavy atom. The van der Waals surface area contributed by atoms with Crippen LogP contribution in [0.5, 0.6) is 0 Å². The monoisotopic (exact) mass is 697 g/mol. The summed E-state index contributed by atoms with van der Waals surface area (Å²) in [4.78, 5) is 7.60. The third kappa shape index (κ3) is 4.60. The molecule has 3 nitrogen and oxygen atoms in total. The summed E-state index contributed by atoms with van der Waals surface area (Å²) in [6.07, 6.45) is 3.89. The molecule has 10 rings (SSSR count). The van der Waals surface area contributed by atoms with E-state index in [2.05, 4.69) is 146 Å². The molecule has 3 heterocycles. The van der Waals surface area contributed by atoms with E-state index in [0.717, 1.165) is 64.5 Å². The number of hydrogen-bond acceptors (Lipinski definition) is 3. The van der Waals surface area contributed by atoms with E-state index in [4.69, 9.17) is 9.40 Å². The van der Waals surface area contributed by atoms with E-state index >= 15 is 0 Å². The summed E-state index contributed by atoms with van der Waals surface area (Å²) in [5, 5.41) is 4.15. The van der Waals surface area contributed by atoms with Gasteiger partial charge >= 0.3 is 5.84 Å². The van der Waals surface area contributed by atoms with E-state index < -0.39 is 14.0 Å². The van der Waals surface area contributed by atoms with Crippen LogP contribution in [0, 0.1) is 0 Å². The Labute approximate surface area is 305 Å². The zero-order valence-electron chi connectivity index (χ0n) is 30.2. The lowest BCUT2D eigenvalue weighted by atomic mass is 9.78. The van der Waals surface area contributed by atoms with Crippen LogP contribution in [-0.4, -0.2) is 17.5 Å². The molecular formula is C46H40N2OSSi. The fourth-order valence-corrected chi connectivity index (χ4v) is 14.8. The van der Waals surface area contributed by atoms with Crippen LogP contribution in [-0.2, 0) is 5.41 Å². The smallest absolute Gasteiger partial charge is 0.307 e. The highest BCUT2D eigenvalue weighted by molar-refractivity contribution is 7.99. The van der Waals surface area contributed by atoms with E-state index in [-0.39, 0.29) is 5.41 Å². The van der Waals surface area contributed by atoms with E-state index in [0.29, 0.717) is 5.84 Å². The van der Waals surface area contributed by atoms with Crippen molar-refractivity contribution in [3.63, 3.8) is 0 Å². The van der Waals surface area contributed by atoms with Gasteiger partial charge in [-0.1, -0.05) is 154 Å². The summed E-state index contributed by atoms with van der Waals surface area (Å²) in [5.41, 5.74) is 9.70. The van der Waals surface area contributed by atoms with Crippen LogP contribution < -0.4 is 15.6 Å². The highest BCUT2D eigenvalue weighted by Crippen LogP contribution is 2.49. The van der Waals surface area contributed by atoms with Crippen LogP contribution in [0.4, 0.5) is 0 Å².